The van der Waals surface area contributed by atoms with E-state index in [1.165, 1.54) is 0 Å². The fourth-order valence-electron chi connectivity index (χ4n) is 1.27. The standard InChI is InChI=1S/C11H14FIO/c1-11(2,3)7-5-6-8(14-4)10(13)9(7)12/h5-6H,1-4H3. The van der Waals surface area contributed by atoms with Gasteiger partial charge >= 0.3 is 0 Å². The average molecular weight is 308 g/mol. The Labute approximate surface area is 97.8 Å². The van der Waals surface area contributed by atoms with Crippen LogP contribution in [0.4, 0.5) is 4.39 Å². The van der Waals surface area contributed by atoms with Gasteiger partial charge in [-0.15, -0.1) is 0 Å². The number of halogens is 2. The van der Waals surface area contributed by atoms with Gasteiger partial charge in [0.15, 0.2) is 0 Å². The lowest BCUT2D eigenvalue weighted by molar-refractivity contribution is 0.404. The molecule has 78 valence electrons. The first-order valence-electron chi connectivity index (χ1n) is 4.40. The van der Waals surface area contributed by atoms with Crippen molar-refractivity contribution in [1.29, 1.82) is 0 Å². The monoisotopic (exact) mass is 308 g/mol. The zero-order valence-corrected chi connectivity index (χ0v) is 11.0. The van der Waals surface area contributed by atoms with Crippen molar-refractivity contribution in [2.75, 3.05) is 7.11 Å². The number of benzene rings is 1. The molecule has 0 saturated carbocycles. The minimum Gasteiger partial charge on any atom is -0.496 e. The Kier molecular flexibility index (Phi) is 3.40. The third-order valence-electron chi connectivity index (χ3n) is 2.07. The third-order valence-corrected chi connectivity index (χ3v) is 3.08. The van der Waals surface area contributed by atoms with E-state index in [9.17, 15) is 4.39 Å². The second-order valence-corrected chi connectivity index (χ2v) is 5.27. The van der Waals surface area contributed by atoms with Crippen LogP contribution in [0, 0.1) is 9.39 Å². The summed E-state index contributed by atoms with van der Waals surface area (Å²) in [6.45, 7) is 5.98. The fourth-order valence-corrected chi connectivity index (χ4v) is 1.96. The summed E-state index contributed by atoms with van der Waals surface area (Å²) in [6.07, 6.45) is 0. The number of rotatable bonds is 1. The number of hydrogen-bond donors (Lipinski definition) is 0. The van der Waals surface area contributed by atoms with Gasteiger partial charge in [-0.3, -0.25) is 0 Å². The molecule has 0 unspecified atom stereocenters. The molecule has 0 radical (unpaired) electrons. The Bertz CT molecular complexity index is 342. The maximum absolute atomic E-state index is 13.9. The summed E-state index contributed by atoms with van der Waals surface area (Å²) in [5.74, 6) is 0.425. The normalized spacial score (nSPS) is 11.6. The second kappa shape index (κ2) is 4.04. The maximum Gasteiger partial charge on any atom is 0.143 e. The molecule has 0 aromatic heterocycles. The molecule has 0 aliphatic rings. The third kappa shape index (κ3) is 2.19. The highest BCUT2D eigenvalue weighted by molar-refractivity contribution is 14.1. The Hall–Kier alpha value is -0.320. The van der Waals surface area contributed by atoms with Crippen LogP contribution < -0.4 is 4.74 Å². The Morgan fingerprint density at radius 2 is 1.86 bits per heavy atom. The summed E-state index contributed by atoms with van der Waals surface area (Å²) in [5, 5.41) is 0. The number of ether oxygens (including phenoxy) is 1. The molecule has 0 aliphatic heterocycles. The smallest absolute Gasteiger partial charge is 0.143 e. The molecule has 1 rings (SSSR count). The fraction of sp³-hybridized carbons (Fsp3) is 0.455. The predicted octanol–water partition coefficient (Wildman–Crippen LogP) is 3.74. The highest BCUT2D eigenvalue weighted by Gasteiger charge is 2.21. The molecule has 1 nitrogen and oxygen atoms in total. The van der Waals surface area contributed by atoms with E-state index in [2.05, 4.69) is 0 Å². The lowest BCUT2D eigenvalue weighted by Crippen LogP contribution is -2.14. The highest BCUT2D eigenvalue weighted by atomic mass is 127. The molecule has 0 bridgehead atoms. The molecular weight excluding hydrogens is 294 g/mol. The van der Waals surface area contributed by atoms with E-state index in [-0.39, 0.29) is 11.2 Å². The van der Waals surface area contributed by atoms with Gasteiger partial charge in [-0.25, -0.2) is 4.39 Å². The Morgan fingerprint density at radius 3 is 2.29 bits per heavy atom. The highest BCUT2D eigenvalue weighted by Crippen LogP contribution is 2.32. The van der Waals surface area contributed by atoms with Crippen LogP contribution in [0.5, 0.6) is 5.75 Å². The van der Waals surface area contributed by atoms with E-state index in [4.69, 9.17) is 4.74 Å². The van der Waals surface area contributed by atoms with E-state index in [1.54, 1.807) is 13.2 Å². The Balaban J connectivity index is 3.31. The molecule has 0 spiro atoms. The predicted molar refractivity (Wildman–Crippen MR) is 64.4 cm³/mol. The maximum atomic E-state index is 13.9. The van der Waals surface area contributed by atoms with Crippen molar-refractivity contribution >= 4 is 22.6 Å². The zero-order valence-electron chi connectivity index (χ0n) is 8.82. The van der Waals surface area contributed by atoms with Gasteiger partial charge in [0.2, 0.25) is 0 Å². The van der Waals surface area contributed by atoms with E-state index in [0.29, 0.717) is 9.32 Å². The van der Waals surface area contributed by atoms with E-state index in [1.807, 2.05) is 49.4 Å². The first kappa shape index (κ1) is 11.8. The van der Waals surface area contributed by atoms with Crippen LogP contribution in [0.3, 0.4) is 0 Å². The van der Waals surface area contributed by atoms with Crippen molar-refractivity contribution in [1.82, 2.24) is 0 Å². The van der Waals surface area contributed by atoms with Gasteiger partial charge < -0.3 is 4.74 Å². The van der Waals surface area contributed by atoms with Crippen LogP contribution in [0.15, 0.2) is 12.1 Å². The topological polar surface area (TPSA) is 9.23 Å². The van der Waals surface area contributed by atoms with Crippen LogP contribution >= 0.6 is 22.6 Å². The van der Waals surface area contributed by atoms with Crippen molar-refractivity contribution in [2.45, 2.75) is 26.2 Å². The molecule has 1 aromatic carbocycles. The van der Waals surface area contributed by atoms with Crippen molar-refractivity contribution in [3.63, 3.8) is 0 Å². The molecule has 0 heterocycles. The van der Waals surface area contributed by atoms with Gasteiger partial charge in [0.1, 0.15) is 11.6 Å². The summed E-state index contributed by atoms with van der Waals surface area (Å²) in [7, 11) is 1.55. The quantitative estimate of drug-likeness (QED) is 0.718. The van der Waals surface area contributed by atoms with E-state index >= 15 is 0 Å². The molecular formula is C11H14FIO. The van der Waals surface area contributed by atoms with Crippen molar-refractivity contribution in [2.24, 2.45) is 0 Å². The first-order valence-corrected chi connectivity index (χ1v) is 5.48. The minimum absolute atomic E-state index is 0.169. The van der Waals surface area contributed by atoms with Gasteiger partial charge in [-0.05, 0) is 39.6 Å². The summed E-state index contributed by atoms with van der Waals surface area (Å²) in [4.78, 5) is 0. The summed E-state index contributed by atoms with van der Waals surface area (Å²) >= 11 is 1.97. The van der Waals surface area contributed by atoms with E-state index < -0.39 is 0 Å². The molecule has 0 aliphatic carbocycles. The number of hydrogen-bond acceptors (Lipinski definition) is 1. The first-order chi connectivity index (χ1) is 6.38. The molecule has 3 heteroatoms. The van der Waals surface area contributed by atoms with Crippen LogP contribution in [-0.2, 0) is 5.41 Å². The van der Waals surface area contributed by atoms with Gasteiger partial charge in [0.25, 0.3) is 0 Å². The summed E-state index contributed by atoms with van der Waals surface area (Å²) < 4.78 is 19.5. The van der Waals surface area contributed by atoms with Crippen molar-refractivity contribution in [3.05, 3.63) is 27.1 Å². The second-order valence-electron chi connectivity index (χ2n) is 4.19. The molecule has 1 aromatic rings. The average Bonchev–Trinajstić information content (AvgIpc) is 2.07. The Morgan fingerprint density at radius 1 is 1.29 bits per heavy atom. The summed E-state index contributed by atoms with van der Waals surface area (Å²) in [6, 6.07) is 3.60. The zero-order chi connectivity index (χ0) is 10.9. The molecule has 0 amide bonds. The van der Waals surface area contributed by atoms with Gasteiger partial charge in [-0.1, -0.05) is 26.8 Å². The van der Waals surface area contributed by atoms with Crippen LogP contribution in [0.2, 0.25) is 0 Å². The summed E-state index contributed by atoms with van der Waals surface area (Å²) in [5.41, 5.74) is 0.554. The van der Waals surface area contributed by atoms with Gasteiger partial charge in [0, 0.05) is 0 Å². The van der Waals surface area contributed by atoms with Crippen LogP contribution in [-0.4, -0.2) is 7.11 Å². The minimum atomic E-state index is -0.170. The molecule has 0 N–H and O–H groups in total. The van der Waals surface area contributed by atoms with Gasteiger partial charge in [-0.2, -0.15) is 0 Å². The van der Waals surface area contributed by atoms with E-state index in [0.717, 1.165) is 5.56 Å². The molecule has 0 atom stereocenters. The van der Waals surface area contributed by atoms with Crippen LogP contribution in [0.25, 0.3) is 0 Å². The van der Waals surface area contributed by atoms with Crippen molar-refractivity contribution in [3.8, 4) is 5.75 Å². The van der Waals surface area contributed by atoms with Crippen LogP contribution in [0.1, 0.15) is 26.3 Å². The van der Waals surface area contributed by atoms with Gasteiger partial charge in [0.05, 0.1) is 10.7 Å². The molecule has 0 fully saturated rings. The number of methoxy groups -OCH3 is 1. The lowest BCUT2D eigenvalue weighted by atomic mass is 9.87. The largest absolute Gasteiger partial charge is 0.496 e. The molecule has 14 heavy (non-hydrogen) atoms. The molecule has 0 saturated heterocycles. The van der Waals surface area contributed by atoms with Crippen molar-refractivity contribution < 1.29 is 9.13 Å². The lowest BCUT2D eigenvalue weighted by Gasteiger charge is -2.21. The SMILES string of the molecule is COc1ccc(C(C)(C)C)c(F)c1I.